The number of carbonyl (C=O) groups excluding carboxylic acids is 1. The second-order valence-corrected chi connectivity index (χ2v) is 11.2. The first-order valence-electron chi connectivity index (χ1n) is 11.7. The summed E-state index contributed by atoms with van der Waals surface area (Å²) < 4.78 is 26.8. The number of carbonyl (C=O) groups is 1. The van der Waals surface area contributed by atoms with E-state index in [2.05, 4.69) is 16.0 Å². The van der Waals surface area contributed by atoms with Crippen LogP contribution in [0.3, 0.4) is 0 Å². The fourth-order valence-electron chi connectivity index (χ4n) is 4.55. The lowest BCUT2D eigenvalue weighted by Crippen LogP contribution is -2.31. The lowest BCUT2D eigenvalue weighted by Gasteiger charge is -2.16. The van der Waals surface area contributed by atoms with E-state index in [0.717, 1.165) is 42.6 Å². The second kappa shape index (κ2) is 9.24. The van der Waals surface area contributed by atoms with Crippen LogP contribution in [0.5, 0.6) is 0 Å². The van der Waals surface area contributed by atoms with Gasteiger partial charge in [-0.3, -0.25) is 0 Å². The summed E-state index contributed by atoms with van der Waals surface area (Å²) in [5.74, 6) is 0.198. The maximum atomic E-state index is 13.4. The number of sulfone groups is 1. The molecule has 1 atom stereocenters. The second-order valence-electron chi connectivity index (χ2n) is 9.22. The monoisotopic (exact) mass is 475 g/mol. The zero-order valence-corrected chi connectivity index (χ0v) is 20.0. The third-order valence-corrected chi connectivity index (χ3v) is 8.28. The largest absolute Gasteiger partial charge is 0.331 e. The molecule has 6 nitrogen and oxygen atoms in total. The maximum absolute atomic E-state index is 13.4. The van der Waals surface area contributed by atoms with Crippen LogP contribution in [0.15, 0.2) is 71.6 Å². The van der Waals surface area contributed by atoms with Crippen LogP contribution in [0.1, 0.15) is 59.5 Å². The van der Waals surface area contributed by atoms with Crippen LogP contribution < -0.4 is 16.0 Å². The predicted molar refractivity (Wildman–Crippen MR) is 133 cm³/mol. The van der Waals surface area contributed by atoms with E-state index in [9.17, 15) is 13.2 Å². The van der Waals surface area contributed by atoms with Crippen molar-refractivity contribution in [1.82, 2.24) is 10.6 Å². The van der Waals surface area contributed by atoms with Gasteiger partial charge >= 0.3 is 6.03 Å². The summed E-state index contributed by atoms with van der Waals surface area (Å²) in [5, 5.41) is 9.10. The highest BCUT2D eigenvalue weighted by molar-refractivity contribution is 7.90. The molecular weight excluding hydrogens is 446 g/mol. The SMILES string of the molecule is CC(NC(=O)Nc1ccc(S(=O)(=O)Cc2ccc3c(c2)CNC3)c(C2CC2)c1)c1ccccc1. The van der Waals surface area contributed by atoms with Gasteiger partial charge in [0.1, 0.15) is 0 Å². The van der Waals surface area contributed by atoms with Gasteiger partial charge in [0.25, 0.3) is 0 Å². The molecule has 1 unspecified atom stereocenters. The minimum absolute atomic E-state index is 0.0259. The van der Waals surface area contributed by atoms with E-state index in [-0.39, 0.29) is 23.7 Å². The summed E-state index contributed by atoms with van der Waals surface area (Å²) in [6, 6.07) is 20.4. The van der Waals surface area contributed by atoms with Gasteiger partial charge in [0.15, 0.2) is 9.84 Å². The molecule has 0 aromatic heterocycles. The van der Waals surface area contributed by atoms with Gasteiger partial charge in [-0.15, -0.1) is 0 Å². The van der Waals surface area contributed by atoms with Crippen molar-refractivity contribution < 1.29 is 13.2 Å². The van der Waals surface area contributed by atoms with Crippen molar-refractivity contribution in [3.63, 3.8) is 0 Å². The minimum atomic E-state index is -3.52. The van der Waals surface area contributed by atoms with Crippen LogP contribution >= 0.6 is 0 Å². The Bertz CT molecular complexity index is 1320. The number of fused-ring (bicyclic) bond motifs is 1. The average molecular weight is 476 g/mol. The number of hydrogen-bond donors (Lipinski definition) is 3. The number of amides is 2. The smallest absolute Gasteiger partial charge is 0.319 e. The number of hydrogen-bond acceptors (Lipinski definition) is 4. The third-order valence-electron chi connectivity index (χ3n) is 6.53. The number of rotatable bonds is 7. The number of anilines is 1. The van der Waals surface area contributed by atoms with E-state index in [0.29, 0.717) is 10.6 Å². The first kappa shape index (κ1) is 22.6. The van der Waals surface area contributed by atoms with Crippen LogP contribution in [-0.4, -0.2) is 14.4 Å². The Labute approximate surface area is 200 Å². The fourth-order valence-corrected chi connectivity index (χ4v) is 6.18. The van der Waals surface area contributed by atoms with Gasteiger partial charge in [-0.2, -0.15) is 0 Å². The number of benzene rings is 3. The summed E-state index contributed by atoms with van der Waals surface area (Å²) in [5.41, 5.74) is 5.63. The van der Waals surface area contributed by atoms with E-state index >= 15 is 0 Å². The maximum Gasteiger partial charge on any atom is 0.319 e. The summed E-state index contributed by atoms with van der Waals surface area (Å²) >= 11 is 0. The molecule has 0 spiro atoms. The first-order valence-corrected chi connectivity index (χ1v) is 13.3. The molecule has 1 heterocycles. The Balaban J connectivity index is 1.32. The van der Waals surface area contributed by atoms with Gasteiger partial charge in [-0.25, -0.2) is 13.2 Å². The highest BCUT2D eigenvalue weighted by atomic mass is 32.2. The summed E-state index contributed by atoms with van der Waals surface area (Å²) in [6.07, 6.45) is 1.93. The first-order chi connectivity index (χ1) is 16.4. The van der Waals surface area contributed by atoms with Crippen LogP contribution in [0.2, 0.25) is 0 Å². The topological polar surface area (TPSA) is 87.3 Å². The average Bonchev–Trinajstić information content (AvgIpc) is 3.57. The number of nitrogens with one attached hydrogen (secondary N) is 3. The molecule has 1 fully saturated rings. The van der Waals surface area contributed by atoms with Gasteiger partial charge in [0.05, 0.1) is 16.7 Å². The molecule has 1 aliphatic heterocycles. The quantitative estimate of drug-likeness (QED) is 0.448. The van der Waals surface area contributed by atoms with Crippen molar-refractivity contribution in [3.8, 4) is 0 Å². The fraction of sp³-hybridized carbons (Fsp3) is 0.296. The molecule has 2 aliphatic rings. The van der Waals surface area contributed by atoms with Crippen LogP contribution in [0, 0.1) is 0 Å². The van der Waals surface area contributed by atoms with Gasteiger partial charge in [0.2, 0.25) is 0 Å². The van der Waals surface area contributed by atoms with Crippen molar-refractivity contribution in [2.24, 2.45) is 0 Å². The molecular formula is C27H29N3O3S. The number of urea groups is 1. The van der Waals surface area contributed by atoms with Gasteiger partial charge in [0, 0.05) is 18.8 Å². The lowest BCUT2D eigenvalue weighted by atomic mass is 10.1. The Morgan fingerprint density at radius 2 is 1.76 bits per heavy atom. The van der Waals surface area contributed by atoms with Crippen LogP contribution in [-0.2, 0) is 28.7 Å². The molecule has 1 aliphatic carbocycles. The molecule has 3 N–H and O–H groups in total. The van der Waals surface area contributed by atoms with E-state index < -0.39 is 9.84 Å². The van der Waals surface area contributed by atoms with E-state index in [1.807, 2.05) is 61.5 Å². The highest BCUT2D eigenvalue weighted by Crippen LogP contribution is 2.44. The molecule has 0 radical (unpaired) electrons. The molecule has 176 valence electrons. The molecule has 1 saturated carbocycles. The van der Waals surface area contributed by atoms with Crippen molar-refractivity contribution in [1.29, 1.82) is 0 Å². The molecule has 34 heavy (non-hydrogen) atoms. The standard InChI is InChI=1S/C27H29N3O3S/c1-18(20-5-3-2-4-6-20)29-27(31)30-24-11-12-26(25(14-24)21-9-10-21)34(32,33)17-19-7-8-22-15-28-16-23(22)13-19/h2-8,11-14,18,21,28H,9-10,15-17H2,1H3,(H2,29,30,31). The molecule has 7 heteroatoms. The highest BCUT2D eigenvalue weighted by Gasteiger charge is 2.31. The van der Waals surface area contributed by atoms with Gasteiger partial charge in [-0.05, 0) is 71.7 Å². The minimum Gasteiger partial charge on any atom is -0.331 e. The van der Waals surface area contributed by atoms with E-state index in [4.69, 9.17) is 0 Å². The molecule has 0 bridgehead atoms. The normalized spacial score (nSPS) is 16.0. The Morgan fingerprint density at radius 3 is 2.53 bits per heavy atom. The Kier molecular flexibility index (Phi) is 6.15. The third kappa shape index (κ3) is 5.00. The molecule has 2 amide bonds. The molecule has 3 aromatic carbocycles. The molecule has 0 saturated heterocycles. The van der Waals surface area contributed by atoms with Gasteiger partial charge < -0.3 is 16.0 Å². The van der Waals surface area contributed by atoms with Gasteiger partial charge in [-0.1, -0.05) is 48.5 Å². The lowest BCUT2D eigenvalue weighted by molar-refractivity contribution is 0.249. The zero-order valence-electron chi connectivity index (χ0n) is 19.2. The van der Waals surface area contributed by atoms with Crippen LogP contribution in [0.4, 0.5) is 10.5 Å². The van der Waals surface area contributed by atoms with Crippen LogP contribution in [0.25, 0.3) is 0 Å². The van der Waals surface area contributed by atoms with Crippen molar-refractivity contribution in [2.45, 2.75) is 55.5 Å². The summed E-state index contributed by atoms with van der Waals surface area (Å²) in [6.45, 7) is 3.54. The van der Waals surface area contributed by atoms with E-state index in [1.165, 1.54) is 11.1 Å². The van der Waals surface area contributed by atoms with Crippen molar-refractivity contribution in [2.75, 3.05) is 5.32 Å². The Morgan fingerprint density at radius 1 is 1.00 bits per heavy atom. The molecule has 3 aromatic rings. The van der Waals surface area contributed by atoms with E-state index in [1.54, 1.807) is 12.1 Å². The zero-order chi connectivity index (χ0) is 23.7. The van der Waals surface area contributed by atoms with Crippen molar-refractivity contribution >= 4 is 21.6 Å². The van der Waals surface area contributed by atoms with Crippen molar-refractivity contribution in [3.05, 3.63) is 94.5 Å². The summed E-state index contributed by atoms with van der Waals surface area (Å²) in [7, 11) is -3.52. The Hall–Kier alpha value is -3.16. The predicted octanol–water partition coefficient (Wildman–Crippen LogP) is 5.02. The summed E-state index contributed by atoms with van der Waals surface area (Å²) in [4.78, 5) is 12.9. The molecule has 5 rings (SSSR count).